The molecule has 0 bridgehead atoms. The molecule has 0 amide bonds. The van der Waals surface area contributed by atoms with Gasteiger partial charge in [0.05, 0.1) is 5.02 Å². The van der Waals surface area contributed by atoms with Crippen LogP contribution in [0.4, 0.5) is 0 Å². The van der Waals surface area contributed by atoms with Crippen molar-refractivity contribution in [2.24, 2.45) is 5.92 Å². The predicted octanol–water partition coefficient (Wildman–Crippen LogP) is 3.97. The Hall–Kier alpha value is -0.0500. The first-order valence-corrected chi connectivity index (χ1v) is 6.86. The van der Waals surface area contributed by atoms with Crippen LogP contribution in [0, 0.1) is 5.92 Å². The van der Waals surface area contributed by atoms with Crippen molar-refractivity contribution in [3.05, 3.63) is 21.3 Å². The quantitative estimate of drug-likeness (QED) is 0.800. The summed E-state index contributed by atoms with van der Waals surface area (Å²) in [6, 6.07) is 2.59. The molecule has 0 fully saturated rings. The molecule has 1 unspecified atom stereocenters. The lowest BCUT2D eigenvalue weighted by molar-refractivity contribution is 0.386. The van der Waals surface area contributed by atoms with Gasteiger partial charge in [-0.2, -0.15) is 0 Å². The third-order valence-electron chi connectivity index (χ3n) is 2.64. The van der Waals surface area contributed by atoms with Crippen LogP contribution in [0.3, 0.4) is 0 Å². The molecule has 1 nitrogen and oxygen atoms in total. The van der Waals surface area contributed by atoms with Crippen LogP contribution in [0.25, 0.3) is 0 Å². The SMILES string of the molecule is CCNC(CCc1sccc1Cl)C(C)C. The van der Waals surface area contributed by atoms with Crippen LogP contribution >= 0.6 is 22.9 Å². The molecule has 3 heteroatoms. The largest absolute Gasteiger partial charge is 0.314 e. The minimum absolute atomic E-state index is 0.605. The average Bonchev–Trinajstić information content (AvgIpc) is 2.58. The summed E-state index contributed by atoms with van der Waals surface area (Å²) in [6.45, 7) is 7.74. The summed E-state index contributed by atoms with van der Waals surface area (Å²) in [4.78, 5) is 1.32. The van der Waals surface area contributed by atoms with Crippen LogP contribution in [0.2, 0.25) is 5.02 Å². The molecular weight excluding hydrogens is 226 g/mol. The molecule has 86 valence electrons. The lowest BCUT2D eigenvalue weighted by Gasteiger charge is -2.21. The van der Waals surface area contributed by atoms with E-state index in [9.17, 15) is 0 Å². The van der Waals surface area contributed by atoms with Crippen molar-refractivity contribution < 1.29 is 0 Å². The van der Waals surface area contributed by atoms with E-state index in [0.717, 1.165) is 18.0 Å². The van der Waals surface area contributed by atoms with Gasteiger partial charge < -0.3 is 5.32 Å². The molecule has 1 rings (SSSR count). The number of hydrogen-bond acceptors (Lipinski definition) is 2. The normalized spacial score (nSPS) is 13.4. The second-order valence-electron chi connectivity index (χ2n) is 4.14. The average molecular weight is 246 g/mol. The Balaban J connectivity index is 2.43. The van der Waals surface area contributed by atoms with Crippen LogP contribution in [0.5, 0.6) is 0 Å². The van der Waals surface area contributed by atoms with Crippen molar-refractivity contribution in [2.75, 3.05) is 6.54 Å². The zero-order valence-electron chi connectivity index (χ0n) is 9.72. The van der Waals surface area contributed by atoms with E-state index < -0.39 is 0 Å². The fourth-order valence-electron chi connectivity index (χ4n) is 1.72. The van der Waals surface area contributed by atoms with E-state index in [4.69, 9.17) is 11.6 Å². The molecule has 0 aromatic carbocycles. The van der Waals surface area contributed by atoms with Gasteiger partial charge in [0, 0.05) is 10.9 Å². The van der Waals surface area contributed by atoms with E-state index in [1.54, 1.807) is 11.3 Å². The van der Waals surface area contributed by atoms with E-state index in [1.165, 1.54) is 11.3 Å². The maximum Gasteiger partial charge on any atom is 0.0544 e. The Bertz CT molecular complexity index is 283. The van der Waals surface area contributed by atoms with Gasteiger partial charge in [-0.15, -0.1) is 11.3 Å². The Kier molecular flexibility index (Phi) is 5.65. The monoisotopic (exact) mass is 245 g/mol. The summed E-state index contributed by atoms with van der Waals surface area (Å²) in [5.74, 6) is 0.684. The molecule has 0 radical (unpaired) electrons. The fraction of sp³-hybridized carbons (Fsp3) is 0.667. The third-order valence-corrected chi connectivity index (χ3v) is 4.09. The van der Waals surface area contributed by atoms with Crippen LogP contribution in [0.1, 0.15) is 32.1 Å². The van der Waals surface area contributed by atoms with Crippen molar-refractivity contribution >= 4 is 22.9 Å². The number of hydrogen-bond donors (Lipinski definition) is 1. The van der Waals surface area contributed by atoms with Gasteiger partial charge in [-0.05, 0) is 36.8 Å². The van der Waals surface area contributed by atoms with E-state index >= 15 is 0 Å². The molecule has 15 heavy (non-hydrogen) atoms. The van der Waals surface area contributed by atoms with Crippen LogP contribution in [-0.2, 0) is 6.42 Å². The first kappa shape index (κ1) is 13.0. The van der Waals surface area contributed by atoms with Crippen LogP contribution in [-0.4, -0.2) is 12.6 Å². The molecule has 0 aliphatic heterocycles. The molecule has 1 aromatic rings. The van der Waals surface area contributed by atoms with Gasteiger partial charge in [-0.1, -0.05) is 32.4 Å². The number of thiophene rings is 1. The minimum atomic E-state index is 0.605. The van der Waals surface area contributed by atoms with E-state index in [0.29, 0.717) is 12.0 Å². The van der Waals surface area contributed by atoms with Gasteiger partial charge in [0.1, 0.15) is 0 Å². The molecule has 1 atom stereocenters. The first-order chi connectivity index (χ1) is 7.15. The maximum absolute atomic E-state index is 6.07. The highest BCUT2D eigenvalue weighted by atomic mass is 35.5. The van der Waals surface area contributed by atoms with Crippen molar-refractivity contribution in [3.8, 4) is 0 Å². The molecule has 0 saturated carbocycles. The van der Waals surface area contributed by atoms with Gasteiger partial charge in [-0.3, -0.25) is 0 Å². The Morgan fingerprint density at radius 2 is 2.20 bits per heavy atom. The highest BCUT2D eigenvalue weighted by Gasteiger charge is 2.12. The molecule has 0 saturated heterocycles. The number of nitrogens with one attached hydrogen (secondary N) is 1. The summed E-state index contributed by atoms with van der Waals surface area (Å²) in [5.41, 5.74) is 0. The minimum Gasteiger partial charge on any atom is -0.314 e. The summed E-state index contributed by atoms with van der Waals surface area (Å²) in [7, 11) is 0. The third kappa shape index (κ3) is 4.13. The molecule has 1 N–H and O–H groups in total. The predicted molar refractivity (Wildman–Crippen MR) is 70.0 cm³/mol. The van der Waals surface area contributed by atoms with Crippen molar-refractivity contribution in [1.29, 1.82) is 0 Å². The van der Waals surface area contributed by atoms with Gasteiger partial charge in [0.15, 0.2) is 0 Å². The second kappa shape index (κ2) is 6.51. The zero-order chi connectivity index (χ0) is 11.3. The Morgan fingerprint density at radius 1 is 1.47 bits per heavy atom. The lowest BCUT2D eigenvalue weighted by atomic mass is 9.99. The van der Waals surface area contributed by atoms with Gasteiger partial charge >= 0.3 is 0 Å². The van der Waals surface area contributed by atoms with E-state index in [2.05, 4.69) is 31.5 Å². The van der Waals surface area contributed by atoms with Gasteiger partial charge in [-0.25, -0.2) is 0 Å². The summed E-state index contributed by atoms with van der Waals surface area (Å²) < 4.78 is 0. The summed E-state index contributed by atoms with van der Waals surface area (Å²) in [5, 5.41) is 6.52. The molecule has 0 aliphatic carbocycles. The van der Waals surface area contributed by atoms with Crippen molar-refractivity contribution in [3.63, 3.8) is 0 Å². The Morgan fingerprint density at radius 3 is 2.67 bits per heavy atom. The van der Waals surface area contributed by atoms with Crippen LogP contribution < -0.4 is 5.32 Å². The van der Waals surface area contributed by atoms with E-state index in [1.807, 2.05) is 6.07 Å². The first-order valence-electron chi connectivity index (χ1n) is 5.60. The maximum atomic E-state index is 6.07. The number of halogens is 1. The molecule has 1 aromatic heterocycles. The zero-order valence-corrected chi connectivity index (χ0v) is 11.3. The van der Waals surface area contributed by atoms with Gasteiger partial charge in [0.25, 0.3) is 0 Å². The lowest BCUT2D eigenvalue weighted by Crippen LogP contribution is -2.33. The number of aryl methyl sites for hydroxylation is 1. The van der Waals surface area contributed by atoms with Crippen LogP contribution in [0.15, 0.2) is 11.4 Å². The fourth-order valence-corrected chi connectivity index (χ4v) is 2.87. The topological polar surface area (TPSA) is 12.0 Å². The molecule has 1 heterocycles. The highest BCUT2D eigenvalue weighted by molar-refractivity contribution is 7.10. The number of rotatable bonds is 6. The smallest absolute Gasteiger partial charge is 0.0544 e. The Labute approximate surface area is 102 Å². The van der Waals surface area contributed by atoms with Crippen molar-refractivity contribution in [1.82, 2.24) is 5.32 Å². The summed E-state index contributed by atoms with van der Waals surface area (Å²) in [6.07, 6.45) is 2.26. The standard InChI is InChI=1S/C12H20ClNS/c1-4-14-11(9(2)3)5-6-12-10(13)7-8-15-12/h7-9,11,14H,4-6H2,1-3H3. The molecule has 0 spiro atoms. The second-order valence-corrected chi connectivity index (χ2v) is 5.55. The van der Waals surface area contributed by atoms with Gasteiger partial charge in [0.2, 0.25) is 0 Å². The highest BCUT2D eigenvalue weighted by Crippen LogP contribution is 2.24. The van der Waals surface area contributed by atoms with Crippen molar-refractivity contribution in [2.45, 2.75) is 39.7 Å². The van der Waals surface area contributed by atoms with E-state index in [-0.39, 0.29) is 0 Å². The summed E-state index contributed by atoms with van der Waals surface area (Å²) >= 11 is 7.83. The molecular formula is C12H20ClNS. The molecule has 0 aliphatic rings.